The molecule has 0 saturated carbocycles. The highest BCUT2D eigenvalue weighted by Crippen LogP contribution is 2.36. The maximum atomic E-state index is 6.25. The Morgan fingerprint density at radius 2 is 2.29 bits per heavy atom. The highest BCUT2D eigenvalue weighted by atomic mass is 35.5. The average molecular weight is 268 g/mol. The van der Waals surface area contributed by atoms with Gasteiger partial charge in [-0.05, 0) is 42.9 Å². The molecule has 1 aromatic carbocycles. The lowest BCUT2D eigenvalue weighted by atomic mass is 10.1. The smallest absolute Gasteiger partial charge is 0.134 e. The topological polar surface area (TPSA) is 39.2 Å². The van der Waals surface area contributed by atoms with E-state index in [0.717, 1.165) is 21.8 Å². The van der Waals surface area contributed by atoms with Crippen LogP contribution in [0.4, 0.5) is 0 Å². The molecule has 1 saturated heterocycles. The Hall–Kier alpha value is -0.640. The second kappa shape index (κ2) is 4.56. The largest absolute Gasteiger partial charge is 0.459 e. The van der Waals surface area contributed by atoms with Crippen LogP contribution in [-0.4, -0.2) is 11.0 Å². The van der Waals surface area contributed by atoms with Gasteiger partial charge in [0.05, 0.1) is 6.04 Å². The molecular weight excluding hydrogens is 254 g/mol. The summed E-state index contributed by atoms with van der Waals surface area (Å²) in [5.41, 5.74) is 7.12. The molecular formula is C13H14ClNOS. The van der Waals surface area contributed by atoms with Gasteiger partial charge in [-0.15, -0.1) is 0 Å². The molecule has 2 unspecified atom stereocenters. The number of fused-ring (bicyclic) bond motifs is 1. The average Bonchev–Trinajstić information content (AvgIpc) is 2.96. The van der Waals surface area contributed by atoms with E-state index < -0.39 is 0 Å². The highest BCUT2D eigenvalue weighted by Gasteiger charge is 2.26. The Bertz CT molecular complexity index is 533. The Morgan fingerprint density at radius 3 is 3.06 bits per heavy atom. The maximum Gasteiger partial charge on any atom is 0.134 e. The Kier molecular flexibility index (Phi) is 3.07. The van der Waals surface area contributed by atoms with Crippen molar-refractivity contribution in [3.63, 3.8) is 0 Å². The molecule has 2 heterocycles. The maximum absolute atomic E-state index is 6.25. The quantitative estimate of drug-likeness (QED) is 0.894. The van der Waals surface area contributed by atoms with E-state index in [4.69, 9.17) is 21.8 Å². The number of hydrogen-bond acceptors (Lipinski definition) is 3. The van der Waals surface area contributed by atoms with Crippen molar-refractivity contribution in [2.24, 2.45) is 5.73 Å². The van der Waals surface area contributed by atoms with Crippen LogP contribution in [0.1, 0.15) is 24.6 Å². The third-order valence-electron chi connectivity index (χ3n) is 3.19. The molecule has 0 amide bonds. The summed E-state index contributed by atoms with van der Waals surface area (Å²) in [6.45, 7) is 0. The highest BCUT2D eigenvalue weighted by molar-refractivity contribution is 8.00. The van der Waals surface area contributed by atoms with Crippen molar-refractivity contribution in [3.05, 3.63) is 35.0 Å². The molecule has 4 heteroatoms. The molecule has 0 aliphatic carbocycles. The van der Waals surface area contributed by atoms with Gasteiger partial charge in [-0.2, -0.15) is 11.8 Å². The van der Waals surface area contributed by atoms with E-state index in [9.17, 15) is 0 Å². The Morgan fingerprint density at radius 1 is 1.41 bits per heavy atom. The van der Waals surface area contributed by atoms with Crippen LogP contribution in [-0.2, 0) is 0 Å². The first-order chi connectivity index (χ1) is 8.24. The van der Waals surface area contributed by atoms with Gasteiger partial charge in [0.2, 0.25) is 0 Å². The molecule has 1 aliphatic rings. The van der Waals surface area contributed by atoms with Gasteiger partial charge in [-0.25, -0.2) is 0 Å². The molecule has 1 aromatic heterocycles. The Balaban J connectivity index is 1.94. The lowest BCUT2D eigenvalue weighted by molar-refractivity contribution is 0.481. The molecule has 2 atom stereocenters. The van der Waals surface area contributed by atoms with Crippen LogP contribution < -0.4 is 5.73 Å². The van der Waals surface area contributed by atoms with Crippen LogP contribution in [0.15, 0.2) is 28.7 Å². The number of nitrogens with two attached hydrogens (primary N) is 1. The number of hydrogen-bond donors (Lipinski definition) is 1. The number of furan rings is 1. The second-order valence-corrected chi connectivity index (χ2v) is 6.19. The summed E-state index contributed by atoms with van der Waals surface area (Å²) in [4.78, 5) is 0. The molecule has 2 N–H and O–H groups in total. The van der Waals surface area contributed by atoms with Crippen LogP contribution in [0.5, 0.6) is 0 Å². The zero-order valence-corrected chi connectivity index (χ0v) is 10.9. The predicted molar refractivity (Wildman–Crippen MR) is 73.6 cm³/mol. The van der Waals surface area contributed by atoms with E-state index in [2.05, 4.69) is 0 Å². The van der Waals surface area contributed by atoms with Crippen LogP contribution >= 0.6 is 23.4 Å². The van der Waals surface area contributed by atoms with E-state index in [0.29, 0.717) is 5.25 Å². The first-order valence-electron chi connectivity index (χ1n) is 5.80. The number of rotatable bonds is 2. The first-order valence-corrected chi connectivity index (χ1v) is 7.23. The van der Waals surface area contributed by atoms with Gasteiger partial charge in [0.25, 0.3) is 0 Å². The molecule has 17 heavy (non-hydrogen) atoms. The number of benzene rings is 1. The lowest BCUT2D eigenvalue weighted by Gasteiger charge is -2.15. The van der Waals surface area contributed by atoms with E-state index in [1.807, 2.05) is 36.0 Å². The fourth-order valence-corrected chi connectivity index (χ4v) is 3.76. The monoisotopic (exact) mass is 267 g/mol. The minimum atomic E-state index is -0.00586. The molecule has 2 aromatic rings. The first kappa shape index (κ1) is 11.5. The standard InChI is InChI=1S/C13H14ClNOS/c14-9-3-4-10-8(6-9)7-11(16-10)13(15)12-2-1-5-17-12/h3-4,6-7,12-13H,1-2,5,15H2. The zero-order chi connectivity index (χ0) is 11.8. The zero-order valence-electron chi connectivity index (χ0n) is 9.36. The SMILES string of the molecule is NC(c1cc2cc(Cl)ccc2o1)C1CCCS1. The summed E-state index contributed by atoms with van der Waals surface area (Å²) < 4.78 is 5.80. The summed E-state index contributed by atoms with van der Waals surface area (Å²) in [6.07, 6.45) is 2.44. The summed E-state index contributed by atoms with van der Waals surface area (Å²) in [7, 11) is 0. The summed E-state index contributed by atoms with van der Waals surface area (Å²) in [5.74, 6) is 2.09. The van der Waals surface area contributed by atoms with Crippen molar-refractivity contribution in [1.29, 1.82) is 0 Å². The van der Waals surface area contributed by atoms with Crippen LogP contribution in [0.2, 0.25) is 5.02 Å². The molecule has 2 nitrogen and oxygen atoms in total. The molecule has 1 fully saturated rings. The summed E-state index contributed by atoms with van der Waals surface area (Å²) in [6, 6.07) is 7.67. The van der Waals surface area contributed by atoms with Crippen LogP contribution in [0.25, 0.3) is 11.0 Å². The fraction of sp³-hybridized carbons (Fsp3) is 0.385. The summed E-state index contributed by atoms with van der Waals surface area (Å²) in [5, 5.41) is 2.26. The summed E-state index contributed by atoms with van der Waals surface area (Å²) >= 11 is 7.90. The predicted octanol–water partition coefficient (Wildman–Crippen LogP) is 3.98. The minimum Gasteiger partial charge on any atom is -0.459 e. The van der Waals surface area contributed by atoms with E-state index in [1.165, 1.54) is 18.6 Å². The molecule has 0 bridgehead atoms. The molecule has 3 rings (SSSR count). The van der Waals surface area contributed by atoms with Gasteiger partial charge in [0.15, 0.2) is 0 Å². The van der Waals surface area contributed by atoms with E-state index in [-0.39, 0.29) is 6.04 Å². The number of halogens is 1. The van der Waals surface area contributed by atoms with Crippen LogP contribution in [0.3, 0.4) is 0 Å². The van der Waals surface area contributed by atoms with E-state index in [1.54, 1.807) is 0 Å². The molecule has 0 radical (unpaired) electrons. The third kappa shape index (κ3) is 2.19. The van der Waals surface area contributed by atoms with Gasteiger partial charge < -0.3 is 10.2 Å². The fourth-order valence-electron chi connectivity index (χ4n) is 2.27. The van der Waals surface area contributed by atoms with Crippen molar-refractivity contribution in [3.8, 4) is 0 Å². The van der Waals surface area contributed by atoms with Crippen molar-refractivity contribution < 1.29 is 4.42 Å². The normalized spacial score (nSPS) is 22.1. The lowest BCUT2D eigenvalue weighted by Crippen LogP contribution is -2.20. The third-order valence-corrected chi connectivity index (χ3v) is 4.91. The van der Waals surface area contributed by atoms with E-state index >= 15 is 0 Å². The van der Waals surface area contributed by atoms with Crippen molar-refractivity contribution in [1.82, 2.24) is 0 Å². The van der Waals surface area contributed by atoms with Gasteiger partial charge >= 0.3 is 0 Å². The van der Waals surface area contributed by atoms with Crippen LogP contribution in [0, 0.1) is 0 Å². The van der Waals surface area contributed by atoms with Crippen molar-refractivity contribution in [2.45, 2.75) is 24.1 Å². The van der Waals surface area contributed by atoms with Gasteiger partial charge in [0.1, 0.15) is 11.3 Å². The molecule has 90 valence electrons. The van der Waals surface area contributed by atoms with Gasteiger partial charge in [-0.3, -0.25) is 0 Å². The van der Waals surface area contributed by atoms with Gasteiger partial charge in [-0.1, -0.05) is 11.6 Å². The minimum absolute atomic E-state index is 0.00586. The number of thioether (sulfide) groups is 1. The van der Waals surface area contributed by atoms with Crippen molar-refractivity contribution >= 4 is 34.3 Å². The second-order valence-electron chi connectivity index (χ2n) is 4.41. The molecule has 1 aliphatic heterocycles. The van der Waals surface area contributed by atoms with Crippen molar-refractivity contribution in [2.75, 3.05) is 5.75 Å². The Labute approximate surface area is 109 Å². The van der Waals surface area contributed by atoms with Gasteiger partial charge in [0, 0.05) is 15.7 Å². The molecule has 0 spiro atoms.